The van der Waals surface area contributed by atoms with Crippen molar-refractivity contribution in [3.05, 3.63) is 29.7 Å². The molecule has 0 fully saturated rings. The van der Waals surface area contributed by atoms with Gasteiger partial charge in [-0.2, -0.15) is 5.10 Å². The van der Waals surface area contributed by atoms with Crippen LogP contribution >= 0.6 is 0 Å². The molecule has 0 spiro atoms. The van der Waals surface area contributed by atoms with E-state index in [4.69, 9.17) is 0 Å². The molecule has 0 aliphatic rings. The van der Waals surface area contributed by atoms with Gasteiger partial charge in [-0.25, -0.2) is 4.39 Å². The third kappa shape index (κ3) is 1.52. The van der Waals surface area contributed by atoms with E-state index in [1.165, 1.54) is 0 Å². The molecule has 1 aromatic heterocycles. The molecule has 1 heterocycles. The van der Waals surface area contributed by atoms with Gasteiger partial charge in [-0.15, -0.1) is 0 Å². The Kier molecular flexibility index (Phi) is 2.07. The third-order valence-corrected chi connectivity index (χ3v) is 2.67. The molecule has 0 bridgehead atoms. The van der Waals surface area contributed by atoms with Crippen LogP contribution in [0.4, 0.5) is 4.39 Å². The Bertz CT molecular complexity index is 506. The van der Waals surface area contributed by atoms with E-state index in [2.05, 4.69) is 5.10 Å². The van der Waals surface area contributed by atoms with E-state index in [0.717, 1.165) is 11.1 Å². The van der Waals surface area contributed by atoms with Crippen molar-refractivity contribution >= 4 is 10.9 Å². The van der Waals surface area contributed by atoms with Crippen LogP contribution in [-0.2, 0) is 12.5 Å². The summed E-state index contributed by atoms with van der Waals surface area (Å²) in [5.74, 6) is -0.145. The van der Waals surface area contributed by atoms with Gasteiger partial charge in [-0.3, -0.25) is 4.68 Å². The molecule has 80 valence electrons. The van der Waals surface area contributed by atoms with E-state index < -0.39 is 0 Å². The largest absolute Gasteiger partial charge is 0.268 e. The van der Waals surface area contributed by atoms with Gasteiger partial charge in [-0.1, -0.05) is 26.8 Å². The summed E-state index contributed by atoms with van der Waals surface area (Å²) in [7, 11) is 1.82. The van der Waals surface area contributed by atoms with Gasteiger partial charge in [0.2, 0.25) is 0 Å². The number of rotatable bonds is 0. The highest BCUT2D eigenvalue weighted by Gasteiger charge is 2.20. The molecule has 0 saturated heterocycles. The van der Waals surface area contributed by atoms with Crippen molar-refractivity contribution in [3.63, 3.8) is 0 Å². The third-order valence-electron chi connectivity index (χ3n) is 2.67. The van der Waals surface area contributed by atoms with Gasteiger partial charge < -0.3 is 0 Å². The molecule has 2 nitrogen and oxygen atoms in total. The van der Waals surface area contributed by atoms with Gasteiger partial charge >= 0.3 is 0 Å². The zero-order valence-electron chi connectivity index (χ0n) is 9.50. The second kappa shape index (κ2) is 3.05. The average Bonchev–Trinajstić information content (AvgIpc) is 2.47. The first-order chi connectivity index (χ1) is 6.91. The highest BCUT2D eigenvalue weighted by Crippen LogP contribution is 2.29. The van der Waals surface area contributed by atoms with E-state index in [1.54, 1.807) is 10.9 Å². The van der Waals surface area contributed by atoms with Crippen LogP contribution in [0.5, 0.6) is 0 Å². The number of halogens is 1. The molecule has 0 atom stereocenters. The van der Waals surface area contributed by atoms with Crippen LogP contribution in [-0.4, -0.2) is 9.78 Å². The molecule has 0 aliphatic carbocycles. The lowest BCUT2D eigenvalue weighted by Crippen LogP contribution is -2.13. The molecule has 2 rings (SSSR count). The summed E-state index contributed by atoms with van der Waals surface area (Å²) in [5, 5.41) is 4.66. The molecule has 3 heteroatoms. The maximum Gasteiger partial charge on any atom is 0.137 e. The molecule has 2 aromatic rings. The van der Waals surface area contributed by atoms with Crippen LogP contribution in [0.2, 0.25) is 0 Å². The number of aryl methyl sites for hydroxylation is 1. The Labute approximate surface area is 88.7 Å². The van der Waals surface area contributed by atoms with Crippen LogP contribution in [0.15, 0.2) is 18.3 Å². The molecule has 0 saturated carbocycles. The van der Waals surface area contributed by atoms with E-state index in [9.17, 15) is 4.39 Å². The number of benzene rings is 1. The van der Waals surface area contributed by atoms with Gasteiger partial charge in [0.25, 0.3) is 0 Å². The van der Waals surface area contributed by atoms with Crippen LogP contribution in [0.3, 0.4) is 0 Å². The lowest BCUT2D eigenvalue weighted by molar-refractivity contribution is 0.529. The summed E-state index contributed by atoms with van der Waals surface area (Å²) >= 11 is 0. The summed E-state index contributed by atoms with van der Waals surface area (Å²) < 4.78 is 15.8. The van der Waals surface area contributed by atoms with E-state index in [1.807, 2.05) is 40.0 Å². The molecule has 0 aliphatic heterocycles. The second-order valence-electron chi connectivity index (χ2n) is 4.88. The molecular formula is C12H15FN2. The number of aromatic nitrogens is 2. The van der Waals surface area contributed by atoms with Crippen molar-refractivity contribution in [2.75, 3.05) is 0 Å². The normalized spacial score (nSPS) is 12.3. The van der Waals surface area contributed by atoms with Crippen molar-refractivity contribution in [2.45, 2.75) is 26.2 Å². The predicted octanol–water partition coefficient (Wildman–Crippen LogP) is 3.01. The van der Waals surface area contributed by atoms with Gasteiger partial charge in [0.1, 0.15) is 5.82 Å². The van der Waals surface area contributed by atoms with Crippen LogP contribution < -0.4 is 0 Å². The fraction of sp³-hybridized carbons (Fsp3) is 0.417. The summed E-state index contributed by atoms with van der Waals surface area (Å²) in [6.45, 7) is 6.02. The minimum absolute atomic E-state index is 0.145. The standard InChI is InChI=1S/C12H15FN2/c1-12(2,3)9-5-6-10-8(11(9)13)7-14-15(10)4/h5-7H,1-4H3. The molecule has 0 amide bonds. The maximum atomic E-state index is 14.1. The number of hydrogen-bond donors (Lipinski definition) is 0. The number of nitrogens with zero attached hydrogens (tertiary/aromatic N) is 2. The molecule has 0 unspecified atom stereocenters. The fourth-order valence-electron chi connectivity index (χ4n) is 1.77. The zero-order chi connectivity index (χ0) is 11.2. The fourth-order valence-corrected chi connectivity index (χ4v) is 1.77. The van der Waals surface area contributed by atoms with Crippen molar-refractivity contribution in [1.29, 1.82) is 0 Å². The van der Waals surface area contributed by atoms with Crippen LogP contribution in [0, 0.1) is 5.82 Å². The first-order valence-electron chi connectivity index (χ1n) is 5.02. The second-order valence-corrected chi connectivity index (χ2v) is 4.88. The Morgan fingerprint density at radius 2 is 1.93 bits per heavy atom. The Morgan fingerprint density at radius 3 is 2.53 bits per heavy atom. The minimum atomic E-state index is -0.173. The van der Waals surface area contributed by atoms with Gasteiger partial charge in [0, 0.05) is 7.05 Å². The van der Waals surface area contributed by atoms with Gasteiger partial charge in [0.15, 0.2) is 0 Å². The molecular weight excluding hydrogens is 191 g/mol. The first-order valence-corrected chi connectivity index (χ1v) is 5.02. The number of fused-ring (bicyclic) bond motifs is 1. The summed E-state index contributed by atoms with van der Waals surface area (Å²) in [5.41, 5.74) is 1.40. The van der Waals surface area contributed by atoms with Crippen LogP contribution in [0.1, 0.15) is 26.3 Å². The maximum absolute atomic E-state index is 14.1. The highest BCUT2D eigenvalue weighted by atomic mass is 19.1. The SMILES string of the molecule is Cn1ncc2c(F)c(C(C)(C)C)ccc21. The molecule has 0 radical (unpaired) electrons. The summed E-state index contributed by atoms with van der Waals surface area (Å²) in [4.78, 5) is 0. The Balaban J connectivity index is 2.77. The molecule has 1 aromatic carbocycles. The average molecular weight is 206 g/mol. The number of hydrogen-bond acceptors (Lipinski definition) is 1. The van der Waals surface area contributed by atoms with E-state index in [-0.39, 0.29) is 11.2 Å². The highest BCUT2D eigenvalue weighted by molar-refractivity contribution is 5.80. The Hall–Kier alpha value is -1.38. The summed E-state index contributed by atoms with van der Waals surface area (Å²) in [6, 6.07) is 3.77. The van der Waals surface area contributed by atoms with Crippen LogP contribution in [0.25, 0.3) is 10.9 Å². The topological polar surface area (TPSA) is 17.8 Å². The monoisotopic (exact) mass is 206 g/mol. The minimum Gasteiger partial charge on any atom is -0.268 e. The lowest BCUT2D eigenvalue weighted by Gasteiger charge is -2.19. The van der Waals surface area contributed by atoms with Crippen molar-refractivity contribution in [2.24, 2.45) is 7.05 Å². The van der Waals surface area contributed by atoms with Crippen molar-refractivity contribution < 1.29 is 4.39 Å². The lowest BCUT2D eigenvalue weighted by atomic mass is 9.86. The molecule has 0 N–H and O–H groups in total. The van der Waals surface area contributed by atoms with E-state index in [0.29, 0.717) is 5.39 Å². The smallest absolute Gasteiger partial charge is 0.137 e. The Morgan fingerprint density at radius 1 is 1.27 bits per heavy atom. The first kappa shape index (κ1) is 10.1. The van der Waals surface area contributed by atoms with Gasteiger partial charge in [-0.05, 0) is 17.0 Å². The van der Waals surface area contributed by atoms with Crippen molar-refractivity contribution in [3.8, 4) is 0 Å². The predicted molar refractivity (Wildman–Crippen MR) is 59.4 cm³/mol. The summed E-state index contributed by atoms with van der Waals surface area (Å²) in [6.07, 6.45) is 1.58. The van der Waals surface area contributed by atoms with E-state index >= 15 is 0 Å². The van der Waals surface area contributed by atoms with Gasteiger partial charge in [0.05, 0.1) is 17.1 Å². The molecule has 15 heavy (non-hydrogen) atoms. The zero-order valence-corrected chi connectivity index (χ0v) is 9.50. The van der Waals surface area contributed by atoms with Crippen molar-refractivity contribution in [1.82, 2.24) is 9.78 Å². The quantitative estimate of drug-likeness (QED) is 0.648.